The largest absolute Gasteiger partial charge is 0.573 e. The van der Waals surface area contributed by atoms with E-state index in [0.29, 0.717) is 17.3 Å². The fourth-order valence-corrected chi connectivity index (χ4v) is 2.85. The molecule has 0 saturated carbocycles. The number of nitrogens with one attached hydrogen (secondary N) is 3. The van der Waals surface area contributed by atoms with E-state index in [1.54, 1.807) is 6.07 Å². The van der Waals surface area contributed by atoms with Crippen LogP contribution in [0.25, 0.3) is 0 Å². The van der Waals surface area contributed by atoms with Gasteiger partial charge in [-0.1, -0.05) is 6.07 Å². The van der Waals surface area contributed by atoms with Gasteiger partial charge in [-0.25, -0.2) is 9.97 Å². The maximum absolute atomic E-state index is 12.2. The third kappa shape index (κ3) is 6.03. The average molecular weight is 407 g/mol. The number of ether oxygens (including phenoxy) is 1. The summed E-state index contributed by atoms with van der Waals surface area (Å²) in [7, 11) is 1.84. The lowest BCUT2D eigenvalue weighted by molar-refractivity contribution is -0.274. The molecule has 0 saturated heterocycles. The minimum Gasteiger partial charge on any atom is -0.406 e. The van der Waals surface area contributed by atoms with Crippen molar-refractivity contribution in [3.63, 3.8) is 0 Å². The van der Waals surface area contributed by atoms with E-state index in [9.17, 15) is 13.2 Å². The van der Waals surface area contributed by atoms with Crippen molar-refractivity contribution in [2.24, 2.45) is 0 Å². The van der Waals surface area contributed by atoms with Crippen molar-refractivity contribution in [1.82, 2.24) is 14.7 Å². The maximum atomic E-state index is 12.2. The van der Waals surface area contributed by atoms with Gasteiger partial charge >= 0.3 is 6.36 Å². The molecule has 3 aromatic rings. The predicted octanol–water partition coefficient (Wildman–Crippen LogP) is 5.09. The van der Waals surface area contributed by atoms with Crippen LogP contribution in [0.4, 0.5) is 36.2 Å². The molecule has 10 heteroatoms. The Morgan fingerprint density at radius 3 is 2.21 bits per heavy atom. The zero-order valence-electron chi connectivity index (χ0n) is 14.6. The predicted molar refractivity (Wildman–Crippen MR) is 103 cm³/mol. The lowest BCUT2D eigenvalue weighted by Gasteiger charge is -2.11. The number of hydrogen-bond donors (Lipinski definition) is 3. The van der Waals surface area contributed by atoms with Gasteiger partial charge in [-0.3, -0.25) is 4.72 Å². The van der Waals surface area contributed by atoms with Crippen LogP contribution in [0.15, 0.2) is 65.8 Å². The molecule has 3 N–H and O–H groups in total. The van der Waals surface area contributed by atoms with Gasteiger partial charge in [0.25, 0.3) is 0 Å². The quantitative estimate of drug-likeness (QED) is 0.471. The van der Waals surface area contributed by atoms with Gasteiger partial charge in [-0.05, 0) is 61.5 Å². The third-order valence-corrected chi connectivity index (χ3v) is 4.05. The summed E-state index contributed by atoms with van der Waals surface area (Å²) >= 11 is 1.49. The molecule has 0 bridgehead atoms. The van der Waals surface area contributed by atoms with E-state index < -0.39 is 6.36 Å². The topological polar surface area (TPSA) is 71.1 Å². The van der Waals surface area contributed by atoms with Crippen LogP contribution < -0.4 is 20.1 Å². The minimum atomic E-state index is -4.72. The van der Waals surface area contributed by atoms with Crippen molar-refractivity contribution >= 4 is 35.0 Å². The molecule has 0 unspecified atom stereocenters. The molecule has 146 valence electrons. The number of benzene rings is 2. The highest BCUT2D eigenvalue weighted by Crippen LogP contribution is 2.26. The van der Waals surface area contributed by atoms with Gasteiger partial charge < -0.3 is 15.4 Å². The number of aromatic nitrogens is 2. The highest BCUT2D eigenvalue weighted by molar-refractivity contribution is 7.97. The van der Waals surface area contributed by atoms with Gasteiger partial charge in [-0.15, -0.1) is 13.2 Å². The summed E-state index contributed by atoms with van der Waals surface area (Å²) in [6, 6.07) is 14.9. The van der Waals surface area contributed by atoms with Crippen molar-refractivity contribution in [2.75, 3.05) is 17.7 Å². The molecule has 28 heavy (non-hydrogen) atoms. The minimum absolute atomic E-state index is 0.289. The van der Waals surface area contributed by atoms with Gasteiger partial charge in [0.05, 0.1) is 0 Å². The van der Waals surface area contributed by atoms with Crippen LogP contribution in [0.1, 0.15) is 0 Å². The summed E-state index contributed by atoms with van der Waals surface area (Å²) in [5.41, 5.74) is 1.42. The summed E-state index contributed by atoms with van der Waals surface area (Å²) < 4.78 is 43.5. The van der Waals surface area contributed by atoms with E-state index in [1.165, 1.54) is 42.5 Å². The van der Waals surface area contributed by atoms with Crippen molar-refractivity contribution < 1.29 is 17.9 Å². The molecule has 0 atom stereocenters. The Balaban J connectivity index is 1.67. The summed E-state index contributed by atoms with van der Waals surface area (Å²) in [5.74, 6) is 0.770. The van der Waals surface area contributed by atoms with Crippen molar-refractivity contribution in [3.05, 3.63) is 60.9 Å². The van der Waals surface area contributed by atoms with Gasteiger partial charge in [0, 0.05) is 22.3 Å². The second kappa shape index (κ2) is 8.81. The van der Waals surface area contributed by atoms with Gasteiger partial charge in [0.2, 0.25) is 0 Å². The van der Waals surface area contributed by atoms with Crippen molar-refractivity contribution in [2.45, 2.75) is 11.3 Å². The highest BCUT2D eigenvalue weighted by atomic mass is 32.2. The zero-order chi connectivity index (χ0) is 20.0. The lowest BCUT2D eigenvalue weighted by atomic mass is 10.3. The Labute approximate surface area is 163 Å². The van der Waals surface area contributed by atoms with E-state index in [-0.39, 0.29) is 5.75 Å². The first-order valence-corrected chi connectivity index (χ1v) is 8.88. The molecule has 0 aliphatic heterocycles. The first-order chi connectivity index (χ1) is 13.4. The van der Waals surface area contributed by atoms with Gasteiger partial charge in [0.15, 0.2) is 0 Å². The first-order valence-electron chi connectivity index (χ1n) is 8.07. The second-order valence-electron chi connectivity index (χ2n) is 5.44. The second-order valence-corrected chi connectivity index (χ2v) is 6.53. The van der Waals surface area contributed by atoms with Crippen LogP contribution in [0, 0.1) is 0 Å². The van der Waals surface area contributed by atoms with E-state index in [0.717, 1.165) is 10.6 Å². The van der Waals surface area contributed by atoms with Crippen molar-refractivity contribution in [1.29, 1.82) is 0 Å². The van der Waals surface area contributed by atoms with E-state index >= 15 is 0 Å². The van der Waals surface area contributed by atoms with E-state index in [2.05, 4.69) is 30.1 Å². The molecule has 1 aromatic heterocycles. The van der Waals surface area contributed by atoms with Crippen LogP contribution >= 0.6 is 11.9 Å². The number of alkyl halides is 3. The molecule has 0 aliphatic rings. The molecular formula is C18H16F3N5OS. The molecule has 2 aromatic carbocycles. The number of halogens is 3. The monoisotopic (exact) mass is 407 g/mol. The van der Waals surface area contributed by atoms with Gasteiger partial charge in [0.1, 0.15) is 23.7 Å². The van der Waals surface area contributed by atoms with Crippen molar-refractivity contribution in [3.8, 4) is 5.75 Å². The Morgan fingerprint density at radius 2 is 1.57 bits per heavy atom. The Hall–Kier alpha value is -2.98. The van der Waals surface area contributed by atoms with Crippen LogP contribution in [0.5, 0.6) is 5.75 Å². The first kappa shape index (κ1) is 19.8. The van der Waals surface area contributed by atoms with Crippen LogP contribution in [-0.4, -0.2) is 23.4 Å². The summed E-state index contributed by atoms with van der Waals surface area (Å²) in [5, 5.41) is 6.20. The Morgan fingerprint density at radius 1 is 0.893 bits per heavy atom. The number of anilines is 4. The Kier molecular flexibility index (Phi) is 6.22. The van der Waals surface area contributed by atoms with Gasteiger partial charge in [-0.2, -0.15) is 0 Å². The molecule has 0 amide bonds. The average Bonchev–Trinajstić information content (AvgIpc) is 2.63. The smallest absolute Gasteiger partial charge is 0.406 e. The maximum Gasteiger partial charge on any atom is 0.573 e. The SMILES string of the molecule is CNSc1cccc(Nc2cc(Nc3ccc(OC(F)(F)F)cc3)ncn2)c1. The van der Waals surface area contributed by atoms with E-state index in [1.807, 2.05) is 31.3 Å². The lowest BCUT2D eigenvalue weighted by Crippen LogP contribution is -2.16. The Bertz CT molecular complexity index is 922. The molecule has 6 nitrogen and oxygen atoms in total. The fourth-order valence-electron chi connectivity index (χ4n) is 2.28. The zero-order valence-corrected chi connectivity index (χ0v) is 15.4. The molecule has 0 spiro atoms. The number of hydrogen-bond acceptors (Lipinski definition) is 7. The van der Waals surface area contributed by atoms with Crippen LogP contribution in [0.3, 0.4) is 0 Å². The molecule has 1 heterocycles. The molecule has 0 radical (unpaired) electrons. The summed E-state index contributed by atoms with van der Waals surface area (Å²) in [4.78, 5) is 9.34. The standard InChI is InChI=1S/C18H16F3N5OS/c1-22-28-15-4-2-3-13(9-15)26-17-10-16(23-11-24-17)25-12-5-7-14(8-6-12)27-18(19,20)21/h2-11,22H,1H3,(H2,23,24,25,26). The van der Waals surface area contributed by atoms with Crippen LogP contribution in [0.2, 0.25) is 0 Å². The fraction of sp³-hybridized carbons (Fsp3) is 0.111. The summed E-state index contributed by atoms with van der Waals surface area (Å²) in [6.45, 7) is 0. The number of nitrogens with zero attached hydrogens (tertiary/aromatic N) is 2. The summed E-state index contributed by atoms with van der Waals surface area (Å²) in [6.07, 6.45) is -3.33. The molecular weight excluding hydrogens is 391 g/mol. The number of rotatable bonds is 7. The van der Waals surface area contributed by atoms with E-state index in [4.69, 9.17) is 0 Å². The third-order valence-electron chi connectivity index (χ3n) is 3.35. The normalized spacial score (nSPS) is 11.1. The highest BCUT2D eigenvalue weighted by Gasteiger charge is 2.30. The molecule has 0 aliphatic carbocycles. The molecule has 0 fully saturated rings. The molecule has 3 rings (SSSR count). The van der Waals surface area contributed by atoms with Crippen LogP contribution in [-0.2, 0) is 0 Å².